The molecule has 0 radical (unpaired) electrons. The highest BCUT2D eigenvalue weighted by Gasteiger charge is 2.44. The number of ether oxygens (including phenoxy) is 6. The molecule has 77 heavy (non-hydrogen) atoms. The topological polar surface area (TPSA) is 417 Å². The third-order valence-corrected chi connectivity index (χ3v) is 13.8. The average molecular weight is 1110 g/mol. The van der Waals surface area contributed by atoms with Crippen molar-refractivity contribution >= 4 is 35.2 Å². The van der Waals surface area contributed by atoms with Gasteiger partial charge in [0, 0.05) is 38.9 Å². The number of nitrogens with two attached hydrogens (primary N) is 1. The van der Waals surface area contributed by atoms with Crippen molar-refractivity contribution in [1.29, 1.82) is 0 Å². The molecule has 0 bridgehead atoms. The summed E-state index contributed by atoms with van der Waals surface area (Å²) in [6.45, 7) is 4.27. The molecule has 3 saturated heterocycles. The molecule has 3 aliphatic heterocycles. The minimum absolute atomic E-state index is 0.0471. The molecule has 17 atom stereocenters. The number of nitrogens with zero attached hydrogens (tertiary/aromatic N) is 1. The van der Waals surface area contributed by atoms with Gasteiger partial charge < -0.3 is 101 Å². The average Bonchev–Trinajstić information content (AvgIpc) is 3.39. The second kappa shape index (κ2) is 36.0. The lowest BCUT2D eigenvalue weighted by atomic mass is 10.0. The van der Waals surface area contributed by atoms with Crippen molar-refractivity contribution in [3.05, 3.63) is 0 Å². The minimum Gasteiger partial charge on any atom is -0.388 e. The largest absolute Gasteiger partial charge is 0.388 e. The van der Waals surface area contributed by atoms with E-state index in [1.54, 1.807) is 0 Å². The van der Waals surface area contributed by atoms with Crippen molar-refractivity contribution in [3.63, 3.8) is 0 Å². The SMILES string of the molecule is CC(=O)[C@H](CCCCN)NC(=O)CCCCCCC(=O)CCCCC[C@@H](C(=O)NCCO[C@@H]1O[C@@H](C)[C@@H](O)[C@@H](O)[C@@H]1O)N(CC(=O)NCCO[C@@H]1O[C@@H](C)[C@@H](O)[C@@H](O)[C@@H]1O)CC(=O)NCCO[C@@H]1O[C@@H](C)[C@@H](O)[C@@H](O)[C@@H]1O. The lowest BCUT2D eigenvalue weighted by molar-refractivity contribution is -0.292. The number of carbonyl (C=O) groups excluding carboxylic acids is 6. The number of aliphatic hydroxyl groups excluding tert-OH is 9. The van der Waals surface area contributed by atoms with Crippen LogP contribution in [0.5, 0.6) is 0 Å². The molecule has 446 valence electrons. The van der Waals surface area contributed by atoms with Crippen molar-refractivity contribution < 1.29 is 103 Å². The van der Waals surface area contributed by atoms with Crippen LogP contribution in [-0.4, -0.2) is 249 Å². The fourth-order valence-corrected chi connectivity index (χ4v) is 8.95. The van der Waals surface area contributed by atoms with E-state index in [0.29, 0.717) is 51.5 Å². The Labute approximate surface area is 450 Å². The van der Waals surface area contributed by atoms with Crippen LogP contribution >= 0.6 is 0 Å². The highest BCUT2D eigenvalue weighted by atomic mass is 16.7. The standard InChI is InChI=1S/C50H90N6O21/c1-28(57)33(16-12-13-19-51)55-35(59)18-11-6-5-8-14-32(58)15-9-7-10-17-34(47(71)54-22-25-74-50-46(70)43(67)40(64)31(4)77-50)56(26-36(60)52-20-23-72-48-44(68)41(65)38(62)29(2)75-48)27-37(61)53-21-24-73-49-45(69)42(66)39(63)30(3)76-49/h29-31,33-34,38-46,48-50,62-70H,5-27,51H2,1-4H3,(H,52,60)(H,53,61)(H,54,71)(H,55,59)/t29-,30-,31-,33-,34-,38+,39+,40+,41+,42+,43+,44-,45-,46-,48+,49+,50+/m0/s1. The number of unbranched alkanes of at least 4 members (excludes halogenated alkanes) is 6. The van der Waals surface area contributed by atoms with E-state index in [1.165, 1.54) is 32.6 Å². The molecular formula is C50H90N6O21. The molecule has 3 rings (SSSR count). The van der Waals surface area contributed by atoms with Crippen molar-refractivity contribution in [3.8, 4) is 0 Å². The van der Waals surface area contributed by atoms with Crippen LogP contribution in [0.25, 0.3) is 0 Å². The first-order valence-electron chi connectivity index (χ1n) is 27.1. The van der Waals surface area contributed by atoms with Crippen LogP contribution in [-0.2, 0) is 57.2 Å². The lowest BCUT2D eigenvalue weighted by Crippen LogP contribution is -2.58. The number of hydrogen-bond donors (Lipinski definition) is 14. The smallest absolute Gasteiger partial charge is 0.237 e. The van der Waals surface area contributed by atoms with E-state index >= 15 is 0 Å². The number of amides is 4. The summed E-state index contributed by atoms with van der Waals surface area (Å²) in [6, 6.07) is -1.67. The van der Waals surface area contributed by atoms with Crippen LogP contribution in [0.2, 0.25) is 0 Å². The number of ketones is 2. The van der Waals surface area contributed by atoms with E-state index in [1.807, 2.05) is 0 Å². The van der Waals surface area contributed by atoms with Gasteiger partial charge in [-0.15, -0.1) is 0 Å². The second-order valence-electron chi connectivity index (χ2n) is 20.1. The van der Waals surface area contributed by atoms with Crippen molar-refractivity contribution in [2.24, 2.45) is 5.73 Å². The highest BCUT2D eigenvalue weighted by molar-refractivity contribution is 5.87. The molecular weight excluding hydrogens is 1020 g/mol. The van der Waals surface area contributed by atoms with Crippen molar-refractivity contribution in [2.75, 3.05) is 59.1 Å². The van der Waals surface area contributed by atoms with E-state index < -0.39 is 135 Å². The molecule has 3 heterocycles. The maximum atomic E-state index is 14.1. The van der Waals surface area contributed by atoms with E-state index in [-0.39, 0.29) is 76.2 Å². The van der Waals surface area contributed by atoms with Gasteiger partial charge in [-0.1, -0.05) is 25.7 Å². The maximum Gasteiger partial charge on any atom is 0.237 e. The van der Waals surface area contributed by atoms with Gasteiger partial charge in [0.2, 0.25) is 23.6 Å². The molecule has 0 aromatic heterocycles. The van der Waals surface area contributed by atoms with Crippen LogP contribution in [0.3, 0.4) is 0 Å². The zero-order chi connectivity index (χ0) is 57.2. The molecule has 4 amide bonds. The number of nitrogens with one attached hydrogen (secondary N) is 4. The van der Waals surface area contributed by atoms with Crippen molar-refractivity contribution in [2.45, 2.75) is 222 Å². The van der Waals surface area contributed by atoms with Gasteiger partial charge in [-0.25, -0.2) is 0 Å². The van der Waals surface area contributed by atoms with Gasteiger partial charge in [0.25, 0.3) is 0 Å². The monoisotopic (exact) mass is 1110 g/mol. The summed E-state index contributed by atoms with van der Waals surface area (Å²) in [5, 5.41) is 102. The number of hydrogen-bond acceptors (Lipinski definition) is 23. The van der Waals surface area contributed by atoms with Gasteiger partial charge in [-0.05, 0) is 79.2 Å². The summed E-state index contributed by atoms with van der Waals surface area (Å²) in [5.41, 5.74) is 5.54. The van der Waals surface area contributed by atoms with Crippen LogP contribution in [0, 0.1) is 0 Å². The molecule has 0 unspecified atom stereocenters. The Morgan fingerprint density at radius 3 is 1.30 bits per heavy atom. The maximum absolute atomic E-state index is 14.1. The summed E-state index contributed by atoms with van der Waals surface area (Å²) in [7, 11) is 0. The molecule has 0 spiro atoms. The molecule has 27 heteroatoms. The fraction of sp³-hybridized carbons (Fsp3) is 0.880. The van der Waals surface area contributed by atoms with Crippen molar-refractivity contribution in [1.82, 2.24) is 26.2 Å². The number of rotatable bonds is 37. The predicted octanol–water partition coefficient (Wildman–Crippen LogP) is -4.40. The Morgan fingerprint density at radius 1 is 0.494 bits per heavy atom. The zero-order valence-corrected chi connectivity index (χ0v) is 45.0. The molecule has 0 saturated carbocycles. The highest BCUT2D eigenvalue weighted by Crippen LogP contribution is 2.24. The van der Waals surface area contributed by atoms with E-state index in [4.69, 9.17) is 34.2 Å². The number of Topliss-reactive ketones (excluding diaryl/α,β-unsaturated/α-hetero) is 2. The number of carbonyl (C=O) groups is 6. The second-order valence-corrected chi connectivity index (χ2v) is 20.1. The first-order valence-corrected chi connectivity index (χ1v) is 27.1. The van der Waals surface area contributed by atoms with Crippen LogP contribution < -0.4 is 27.0 Å². The Balaban J connectivity index is 1.63. The first-order chi connectivity index (χ1) is 36.6. The van der Waals surface area contributed by atoms with Crippen LogP contribution in [0.1, 0.15) is 118 Å². The molecule has 15 N–H and O–H groups in total. The fourth-order valence-electron chi connectivity index (χ4n) is 8.95. The van der Waals surface area contributed by atoms with E-state index in [9.17, 15) is 74.7 Å². The molecule has 3 fully saturated rings. The Morgan fingerprint density at radius 2 is 0.883 bits per heavy atom. The van der Waals surface area contributed by atoms with Gasteiger partial charge in [0.1, 0.15) is 60.7 Å². The van der Waals surface area contributed by atoms with Gasteiger partial charge in [0.05, 0.1) is 63.3 Å². The van der Waals surface area contributed by atoms with E-state index in [2.05, 4.69) is 21.3 Å². The summed E-state index contributed by atoms with van der Waals surface area (Å²) >= 11 is 0. The molecule has 3 aliphatic rings. The Kier molecular flexibility index (Phi) is 31.7. The predicted molar refractivity (Wildman–Crippen MR) is 271 cm³/mol. The molecule has 0 aliphatic carbocycles. The number of aliphatic hydroxyl groups is 9. The quantitative estimate of drug-likeness (QED) is 0.0261. The third kappa shape index (κ3) is 23.7. The van der Waals surface area contributed by atoms with Gasteiger partial charge in [-0.3, -0.25) is 33.7 Å². The Bertz CT molecular complexity index is 1720. The Hall–Kier alpha value is -3.46. The summed E-state index contributed by atoms with van der Waals surface area (Å²) in [4.78, 5) is 79.8. The van der Waals surface area contributed by atoms with E-state index in [0.717, 1.165) is 25.7 Å². The van der Waals surface area contributed by atoms with Crippen LogP contribution in [0.15, 0.2) is 0 Å². The van der Waals surface area contributed by atoms with Crippen LogP contribution in [0.4, 0.5) is 0 Å². The third-order valence-electron chi connectivity index (χ3n) is 13.8. The van der Waals surface area contributed by atoms with Gasteiger partial charge in [-0.2, -0.15) is 0 Å². The normalized spacial score (nSPS) is 30.3. The van der Waals surface area contributed by atoms with Gasteiger partial charge in [0.15, 0.2) is 24.7 Å². The van der Waals surface area contributed by atoms with Gasteiger partial charge >= 0.3 is 0 Å². The summed E-state index contributed by atoms with van der Waals surface area (Å²) < 4.78 is 33.0. The molecule has 27 nitrogen and oxygen atoms in total. The molecule has 0 aromatic carbocycles. The summed E-state index contributed by atoms with van der Waals surface area (Å²) in [5.74, 6) is -2.17. The minimum atomic E-state index is -1.60. The first kappa shape index (κ1) is 67.8. The lowest BCUT2D eigenvalue weighted by Gasteiger charge is -2.39. The zero-order valence-electron chi connectivity index (χ0n) is 45.0. The summed E-state index contributed by atoms with van der Waals surface area (Å²) in [6.07, 6.45) is -13.0. The molecule has 0 aromatic rings.